The molecule has 0 aliphatic rings. The van der Waals surface area contributed by atoms with E-state index < -0.39 is 5.97 Å². The van der Waals surface area contributed by atoms with Gasteiger partial charge in [-0.2, -0.15) is 0 Å². The SMILES string of the molecule is COC(=O)c1[nH]c(=S)[nH]c1Cc1cccc(C)c1. The quantitative estimate of drug-likeness (QED) is 0.660. The van der Waals surface area contributed by atoms with Crippen LogP contribution in [0.1, 0.15) is 27.3 Å². The second kappa shape index (κ2) is 5.18. The summed E-state index contributed by atoms with van der Waals surface area (Å²) in [5.41, 5.74) is 3.44. The van der Waals surface area contributed by atoms with Crippen LogP contribution in [0.4, 0.5) is 0 Å². The molecule has 1 heterocycles. The highest BCUT2D eigenvalue weighted by molar-refractivity contribution is 7.71. The molecule has 0 radical (unpaired) electrons. The summed E-state index contributed by atoms with van der Waals surface area (Å²) < 4.78 is 5.14. The lowest BCUT2D eigenvalue weighted by atomic mass is 10.1. The zero-order valence-electron chi connectivity index (χ0n) is 10.2. The van der Waals surface area contributed by atoms with Gasteiger partial charge in [-0.1, -0.05) is 29.8 Å². The largest absolute Gasteiger partial charge is 0.464 e. The van der Waals surface area contributed by atoms with Crippen molar-refractivity contribution in [3.05, 3.63) is 51.6 Å². The second-order valence-corrected chi connectivity index (χ2v) is 4.50. The molecule has 0 aliphatic carbocycles. The molecule has 18 heavy (non-hydrogen) atoms. The average Bonchev–Trinajstić information content (AvgIpc) is 2.69. The lowest BCUT2D eigenvalue weighted by Gasteiger charge is -2.03. The van der Waals surface area contributed by atoms with Crippen LogP contribution in [0.2, 0.25) is 0 Å². The van der Waals surface area contributed by atoms with Gasteiger partial charge in [-0.25, -0.2) is 4.79 Å². The molecule has 5 heteroatoms. The number of hydrogen-bond donors (Lipinski definition) is 2. The summed E-state index contributed by atoms with van der Waals surface area (Å²) in [5.74, 6) is -0.412. The minimum atomic E-state index is -0.412. The number of rotatable bonds is 3. The number of methoxy groups -OCH3 is 1. The molecule has 0 amide bonds. The maximum Gasteiger partial charge on any atom is 0.356 e. The van der Waals surface area contributed by atoms with Gasteiger partial charge in [0.1, 0.15) is 5.69 Å². The zero-order valence-corrected chi connectivity index (χ0v) is 11.1. The predicted octanol–water partition coefficient (Wildman–Crippen LogP) is 2.76. The van der Waals surface area contributed by atoms with Crippen molar-refractivity contribution in [3.8, 4) is 0 Å². The van der Waals surface area contributed by atoms with Crippen molar-refractivity contribution in [3.63, 3.8) is 0 Å². The number of imidazole rings is 1. The van der Waals surface area contributed by atoms with Crippen molar-refractivity contribution in [1.82, 2.24) is 9.97 Å². The number of hydrogen-bond acceptors (Lipinski definition) is 3. The number of benzene rings is 1. The number of aryl methyl sites for hydroxylation is 1. The summed E-state index contributed by atoms with van der Waals surface area (Å²) in [6.45, 7) is 2.03. The summed E-state index contributed by atoms with van der Waals surface area (Å²) in [6.07, 6.45) is 0.610. The number of ether oxygens (including phenoxy) is 1. The lowest BCUT2D eigenvalue weighted by molar-refractivity contribution is 0.0593. The molecule has 0 saturated heterocycles. The summed E-state index contributed by atoms with van der Waals surface area (Å²) in [4.78, 5) is 17.4. The van der Waals surface area contributed by atoms with Crippen molar-refractivity contribution in [2.24, 2.45) is 0 Å². The highest BCUT2D eigenvalue weighted by atomic mass is 32.1. The first kappa shape index (κ1) is 12.6. The number of esters is 1. The Labute approximate surface area is 110 Å². The fourth-order valence-corrected chi connectivity index (χ4v) is 2.08. The molecule has 4 nitrogen and oxygen atoms in total. The predicted molar refractivity (Wildman–Crippen MR) is 71.3 cm³/mol. The van der Waals surface area contributed by atoms with Crippen LogP contribution in [-0.4, -0.2) is 23.0 Å². The third kappa shape index (κ3) is 2.68. The summed E-state index contributed by atoms with van der Waals surface area (Å²) in [7, 11) is 1.35. The van der Waals surface area contributed by atoms with Crippen LogP contribution >= 0.6 is 12.2 Å². The van der Waals surface area contributed by atoms with Gasteiger partial charge in [0.25, 0.3) is 0 Å². The van der Waals surface area contributed by atoms with Crippen LogP contribution in [0.15, 0.2) is 24.3 Å². The molecular weight excluding hydrogens is 248 g/mol. The molecule has 2 aromatic rings. The van der Waals surface area contributed by atoms with Crippen molar-refractivity contribution in [2.45, 2.75) is 13.3 Å². The Morgan fingerprint density at radius 3 is 2.83 bits per heavy atom. The first-order chi connectivity index (χ1) is 8.60. The average molecular weight is 262 g/mol. The second-order valence-electron chi connectivity index (χ2n) is 4.09. The van der Waals surface area contributed by atoms with E-state index in [-0.39, 0.29) is 0 Å². The number of aromatic nitrogens is 2. The topological polar surface area (TPSA) is 57.9 Å². The molecule has 0 fully saturated rings. The van der Waals surface area contributed by atoms with Gasteiger partial charge in [0.05, 0.1) is 12.8 Å². The fourth-order valence-electron chi connectivity index (χ4n) is 1.85. The van der Waals surface area contributed by atoms with E-state index in [1.54, 1.807) is 0 Å². The van der Waals surface area contributed by atoms with E-state index in [0.717, 1.165) is 11.3 Å². The summed E-state index contributed by atoms with van der Waals surface area (Å²) >= 11 is 5.01. The molecule has 1 aromatic heterocycles. The van der Waals surface area contributed by atoms with Gasteiger partial charge in [-0.3, -0.25) is 0 Å². The van der Waals surface area contributed by atoms with Crippen molar-refractivity contribution in [2.75, 3.05) is 7.11 Å². The molecule has 0 unspecified atom stereocenters. The number of aromatic amines is 2. The third-order valence-corrected chi connectivity index (χ3v) is 2.86. The van der Waals surface area contributed by atoms with Crippen LogP contribution in [0.25, 0.3) is 0 Å². The minimum Gasteiger partial charge on any atom is -0.464 e. The Balaban J connectivity index is 2.34. The number of nitrogens with one attached hydrogen (secondary N) is 2. The lowest BCUT2D eigenvalue weighted by Crippen LogP contribution is -2.06. The van der Waals surface area contributed by atoms with Gasteiger partial charge in [-0.15, -0.1) is 0 Å². The molecule has 1 aromatic carbocycles. The van der Waals surface area contributed by atoms with Crippen LogP contribution in [-0.2, 0) is 11.2 Å². The van der Waals surface area contributed by atoms with Gasteiger partial charge in [0.2, 0.25) is 0 Å². The highest BCUT2D eigenvalue weighted by Crippen LogP contribution is 2.13. The molecule has 94 valence electrons. The van der Waals surface area contributed by atoms with Gasteiger partial charge >= 0.3 is 5.97 Å². The standard InChI is InChI=1S/C13H14N2O2S/c1-8-4-3-5-9(6-8)7-10-11(12(16)17-2)15-13(18)14-10/h3-6H,7H2,1-2H3,(H2,14,15,18). The Bertz CT molecular complexity index is 628. The Kier molecular flexibility index (Phi) is 3.62. The van der Waals surface area contributed by atoms with Crippen LogP contribution in [0.3, 0.4) is 0 Å². The summed E-state index contributed by atoms with van der Waals surface area (Å²) in [6, 6.07) is 8.11. The van der Waals surface area contributed by atoms with E-state index in [1.165, 1.54) is 12.7 Å². The van der Waals surface area contributed by atoms with E-state index >= 15 is 0 Å². The smallest absolute Gasteiger partial charge is 0.356 e. The number of H-pyrrole nitrogens is 2. The van der Waals surface area contributed by atoms with Gasteiger partial charge in [0.15, 0.2) is 4.77 Å². The highest BCUT2D eigenvalue weighted by Gasteiger charge is 2.14. The van der Waals surface area contributed by atoms with E-state index in [4.69, 9.17) is 17.0 Å². The van der Waals surface area contributed by atoms with E-state index in [2.05, 4.69) is 16.0 Å². The monoisotopic (exact) mass is 262 g/mol. The first-order valence-corrected chi connectivity index (χ1v) is 5.96. The maximum absolute atomic E-state index is 11.6. The van der Waals surface area contributed by atoms with Gasteiger partial charge < -0.3 is 14.7 Å². The fraction of sp³-hybridized carbons (Fsp3) is 0.231. The molecule has 0 aliphatic heterocycles. The summed E-state index contributed by atoms with van der Waals surface area (Å²) in [5, 5.41) is 0. The molecule has 0 bridgehead atoms. The molecule has 0 spiro atoms. The third-order valence-electron chi connectivity index (χ3n) is 2.66. The maximum atomic E-state index is 11.6. The van der Waals surface area contributed by atoms with Crippen molar-refractivity contribution < 1.29 is 9.53 Å². The van der Waals surface area contributed by atoms with Crippen LogP contribution < -0.4 is 0 Å². The van der Waals surface area contributed by atoms with Crippen LogP contribution in [0.5, 0.6) is 0 Å². The molecule has 0 atom stereocenters. The van der Waals surface area contributed by atoms with Gasteiger partial charge in [-0.05, 0) is 24.7 Å². The van der Waals surface area contributed by atoms with E-state index in [0.29, 0.717) is 16.9 Å². The van der Waals surface area contributed by atoms with Crippen molar-refractivity contribution >= 4 is 18.2 Å². The van der Waals surface area contributed by atoms with E-state index in [9.17, 15) is 4.79 Å². The Morgan fingerprint density at radius 1 is 1.39 bits per heavy atom. The number of carbonyl (C=O) groups excluding carboxylic acids is 1. The Morgan fingerprint density at radius 2 is 2.17 bits per heavy atom. The van der Waals surface area contributed by atoms with Gasteiger partial charge in [0, 0.05) is 6.42 Å². The molecule has 0 saturated carbocycles. The molecule has 2 N–H and O–H groups in total. The zero-order chi connectivity index (χ0) is 13.1. The molecular formula is C13H14N2O2S. The van der Waals surface area contributed by atoms with Crippen molar-refractivity contribution in [1.29, 1.82) is 0 Å². The molecule has 2 rings (SSSR count). The Hall–Kier alpha value is -1.88. The van der Waals surface area contributed by atoms with Crippen LogP contribution in [0, 0.1) is 11.7 Å². The minimum absolute atomic E-state index is 0.393. The first-order valence-electron chi connectivity index (χ1n) is 5.55. The van der Waals surface area contributed by atoms with E-state index in [1.807, 2.05) is 25.1 Å². The number of carbonyl (C=O) groups is 1. The normalized spacial score (nSPS) is 10.3.